The number of amides is 2. The third-order valence-corrected chi connectivity index (χ3v) is 6.73. The summed E-state index contributed by atoms with van der Waals surface area (Å²) in [4.78, 5) is 53.0. The lowest BCUT2D eigenvalue weighted by atomic mass is 10.1. The van der Waals surface area contributed by atoms with Crippen LogP contribution in [0.5, 0.6) is 0 Å². The first kappa shape index (κ1) is 24.0. The van der Waals surface area contributed by atoms with E-state index in [1.165, 1.54) is 43.0 Å². The Labute approximate surface area is 191 Å². The van der Waals surface area contributed by atoms with Gasteiger partial charge in [0.1, 0.15) is 6.61 Å². The van der Waals surface area contributed by atoms with E-state index in [0.29, 0.717) is 31.6 Å². The van der Waals surface area contributed by atoms with Crippen LogP contribution in [-0.2, 0) is 20.9 Å². The molecule has 1 aromatic rings. The van der Waals surface area contributed by atoms with Crippen LogP contribution in [0.25, 0.3) is 0 Å². The zero-order valence-corrected chi connectivity index (χ0v) is 19.1. The Morgan fingerprint density at radius 3 is 2.41 bits per heavy atom. The van der Waals surface area contributed by atoms with Crippen LogP contribution in [0.3, 0.4) is 0 Å². The molecular weight excluding hydrogens is 436 g/mol. The molecule has 10 nitrogen and oxygen atoms in total. The van der Waals surface area contributed by atoms with E-state index in [0.717, 1.165) is 13.1 Å². The quantitative estimate of drug-likeness (QED) is 0.465. The molecule has 0 unspecified atom stereocenters. The second-order valence-corrected chi connectivity index (χ2v) is 9.62. The van der Waals surface area contributed by atoms with Gasteiger partial charge in [0.2, 0.25) is 5.91 Å². The van der Waals surface area contributed by atoms with Gasteiger partial charge in [-0.1, -0.05) is 11.8 Å². The average Bonchev–Trinajstić information content (AvgIpc) is 3.14. The topological polar surface area (TPSA) is 113 Å². The standard InChI is InChI=1S/C21H28N4O6S/c1-15(26)32-19-11-18(12-20(27)23-9-7-22(2)8-10-23)24(13-19)21(28)31-14-16-3-5-17(6-4-16)25(29)30/h3-6,18-19H,7-14H2,1-2H3/t18-,19-/m0/s1. The fourth-order valence-electron chi connectivity index (χ4n) is 3.94. The van der Waals surface area contributed by atoms with Gasteiger partial charge in [0.25, 0.3) is 5.69 Å². The van der Waals surface area contributed by atoms with Crippen LogP contribution in [0, 0.1) is 10.1 Å². The summed E-state index contributed by atoms with van der Waals surface area (Å²) >= 11 is 1.18. The van der Waals surface area contributed by atoms with Crippen molar-refractivity contribution in [3.05, 3.63) is 39.9 Å². The van der Waals surface area contributed by atoms with Crippen molar-refractivity contribution in [2.75, 3.05) is 39.8 Å². The summed E-state index contributed by atoms with van der Waals surface area (Å²) in [5, 5.41) is 10.7. The number of ether oxygens (including phenoxy) is 1. The predicted molar refractivity (Wildman–Crippen MR) is 119 cm³/mol. The molecule has 2 saturated heterocycles. The number of likely N-dealkylation sites (N-methyl/N-ethyl adjacent to an activating group) is 1. The van der Waals surface area contributed by atoms with E-state index in [1.807, 2.05) is 11.9 Å². The lowest BCUT2D eigenvalue weighted by molar-refractivity contribution is -0.384. The number of benzene rings is 1. The third-order valence-electron chi connectivity index (χ3n) is 5.72. The maximum atomic E-state index is 12.8. The molecule has 2 fully saturated rings. The Morgan fingerprint density at radius 2 is 1.81 bits per heavy atom. The SMILES string of the molecule is CC(=O)S[C@H]1C[C@@H](CC(=O)N2CCN(C)CC2)N(C(=O)OCc2ccc([N+](=O)[O-])cc2)C1. The van der Waals surface area contributed by atoms with Crippen molar-refractivity contribution < 1.29 is 24.0 Å². The van der Waals surface area contributed by atoms with E-state index in [1.54, 1.807) is 4.90 Å². The van der Waals surface area contributed by atoms with Gasteiger partial charge in [-0.05, 0) is 31.2 Å². The fourth-order valence-corrected chi connectivity index (χ4v) is 4.96. The smallest absolute Gasteiger partial charge is 0.410 e. The van der Waals surface area contributed by atoms with Gasteiger partial charge in [0.15, 0.2) is 5.12 Å². The van der Waals surface area contributed by atoms with E-state index >= 15 is 0 Å². The summed E-state index contributed by atoms with van der Waals surface area (Å²) in [7, 11) is 2.02. The molecule has 0 spiro atoms. The molecule has 174 valence electrons. The molecular formula is C21H28N4O6S. The number of nitro benzene ring substituents is 1. The number of carbonyl (C=O) groups excluding carboxylic acids is 3. The second kappa shape index (κ2) is 10.8. The molecule has 2 heterocycles. The van der Waals surface area contributed by atoms with Gasteiger partial charge in [-0.15, -0.1) is 0 Å². The predicted octanol–water partition coefficient (Wildman–Crippen LogP) is 2.12. The van der Waals surface area contributed by atoms with Crippen molar-refractivity contribution in [1.82, 2.24) is 14.7 Å². The van der Waals surface area contributed by atoms with Gasteiger partial charge in [0, 0.05) is 69.5 Å². The lowest BCUT2D eigenvalue weighted by Crippen LogP contribution is -2.48. The van der Waals surface area contributed by atoms with Gasteiger partial charge in [-0.2, -0.15) is 0 Å². The van der Waals surface area contributed by atoms with E-state index in [9.17, 15) is 24.5 Å². The van der Waals surface area contributed by atoms with Crippen molar-refractivity contribution in [3.8, 4) is 0 Å². The monoisotopic (exact) mass is 464 g/mol. The molecule has 11 heteroatoms. The van der Waals surface area contributed by atoms with Crippen LogP contribution >= 0.6 is 11.8 Å². The maximum absolute atomic E-state index is 12.8. The van der Waals surface area contributed by atoms with Crippen molar-refractivity contribution in [3.63, 3.8) is 0 Å². The Balaban J connectivity index is 1.61. The molecule has 0 aliphatic carbocycles. The van der Waals surface area contributed by atoms with Crippen LogP contribution in [0.4, 0.5) is 10.5 Å². The Kier molecular flexibility index (Phi) is 8.08. The third kappa shape index (κ3) is 6.42. The molecule has 0 bridgehead atoms. The lowest BCUT2D eigenvalue weighted by Gasteiger charge is -2.33. The Bertz CT molecular complexity index is 856. The van der Waals surface area contributed by atoms with Crippen molar-refractivity contribution >= 4 is 34.6 Å². The number of hydrogen-bond acceptors (Lipinski definition) is 8. The highest BCUT2D eigenvalue weighted by Crippen LogP contribution is 2.31. The number of thioether (sulfide) groups is 1. The van der Waals surface area contributed by atoms with E-state index in [-0.39, 0.29) is 41.0 Å². The zero-order valence-electron chi connectivity index (χ0n) is 18.3. The number of rotatable bonds is 6. The van der Waals surface area contributed by atoms with Gasteiger partial charge in [0.05, 0.1) is 4.92 Å². The highest BCUT2D eigenvalue weighted by Gasteiger charge is 2.39. The van der Waals surface area contributed by atoms with Crippen molar-refractivity contribution in [2.24, 2.45) is 0 Å². The largest absolute Gasteiger partial charge is 0.445 e. The number of nitro groups is 1. The summed E-state index contributed by atoms with van der Waals surface area (Å²) < 4.78 is 5.43. The van der Waals surface area contributed by atoms with Crippen LogP contribution in [0.15, 0.2) is 24.3 Å². The number of nitrogens with zero attached hydrogens (tertiary/aromatic N) is 4. The number of non-ortho nitro benzene ring substituents is 1. The molecule has 2 aliphatic rings. The number of likely N-dealkylation sites (tertiary alicyclic amines) is 1. The molecule has 0 aromatic heterocycles. The molecule has 1 aromatic carbocycles. The Morgan fingerprint density at radius 1 is 1.16 bits per heavy atom. The van der Waals surface area contributed by atoms with Crippen molar-refractivity contribution in [2.45, 2.75) is 37.7 Å². The molecule has 2 atom stereocenters. The first-order valence-corrected chi connectivity index (χ1v) is 11.4. The second-order valence-electron chi connectivity index (χ2n) is 8.14. The van der Waals surface area contributed by atoms with Gasteiger partial charge >= 0.3 is 6.09 Å². The van der Waals surface area contributed by atoms with Crippen LogP contribution in [0.1, 0.15) is 25.3 Å². The van der Waals surface area contributed by atoms with E-state index in [2.05, 4.69) is 4.90 Å². The number of carbonyl (C=O) groups is 3. The first-order chi connectivity index (χ1) is 15.2. The minimum Gasteiger partial charge on any atom is -0.445 e. The minimum absolute atomic E-state index is 0.00439. The molecule has 3 rings (SSSR count). The van der Waals surface area contributed by atoms with Crippen LogP contribution < -0.4 is 0 Å². The fraction of sp³-hybridized carbons (Fsp3) is 0.571. The summed E-state index contributed by atoms with van der Waals surface area (Å²) in [6.07, 6.45) is 0.202. The molecule has 0 radical (unpaired) electrons. The summed E-state index contributed by atoms with van der Waals surface area (Å²) in [6.45, 7) is 4.77. The number of piperazine rings is 1. The summed E-state index contributed by atoms with van der Waals surface area (Å²) in [5.74, 6) is 0.00439. The molecule has 32 heavy (non-hydrogen) atoms. The summed E-state index contributed by atoms with van der Waals surface area (Å²) in [6, 6.07) is 5.46. The molecule has 2 aliphatic heterocycles. The van der Waals surface area contributed by atoms with Gasteiger partial charge < -0.3 is 19.4 Å². The Hall–Kier alpha value is -2.66. The first-order valence-electron chi connectivity index (χ1n) is 10.5. The maximum Gasteiger partial charge on any atom is 0.410 e. The molecule has 2 amide bonds. The summed E-state index contributed by atoms with van der Waals surface area (Å²) in [5.41, 5.74) is 0.592. The highest BCUT2D eigenvalue weighted by molar-refractivity contribution is 8.14. The molecule has 0 N–H and O–H groups in total. The van der Waals surface area contributed by atoms with Gasteiger partial charge in [-0.25, -0.2) is 4.79 Å². The van der Waals surface area contributed by atoms with Gasteiger partial charge in [-0.3, -0.25) is 19.7 Å². The number of hydrogen-bond donors (Lipinski definition) is 0. The normalized spacial score (nSPS) is 21.4. The molecule has 0 saturated carbocycles. The van der Waals surface area contributed by atoms with Crippen LogP contribution in [-0.4, -0.2) is 87.8 Å². The van der Waals surface area contributed by atoms with E-state index in [4.69, 9.17) is 4.74 Å². The average molecular weight is 465 g/mol. The van der Waals surface area contributed by atoms with Crippen LogP contribution in [0.2, 0.25) is 0 Å². The zero-order chi connectivity index (χ0) is 23.3. The van der Waals surface area contributed by atoms with Crippen molar-refractivity contribution in [1.29, 1.82) is 0 Å². The minimum atomic E-state index is -0.550. The highest BCUT2D eigenvalue weighted by atomic mass is 32.2. The van der Waals surface area contributed by atoms with E-state index < -0.39 is 11.0 Å².